The summed E-state index contributed by atoms with van der Waals surface area (Å²) >= 11 is 0. The van der Waals surface area contributed by atoms with Crippen molar-refractivity contribution in [3.63, 3.8) is 0 Å². The van der Waals surface area contributed by atoms with E-state index in [1.54, 1.807) is 0 Å². The molecule has 5 atom stereocenters. The van der Waals surface area contributed by atoms with E-state index in [9.17, 15) is 5.11 Å². The summed E-state index contributed by atoms with van der Waals surface area (Å²) in [4.78, 5) is 5.87. The molecular weight excluding hydrogens is 288 g/mol. The van der Waals surface area contributed by atoms with Crippen LogP contribution in [-0.4, -0.2) is 46.5 Å². The number of piperidine rings is 1. The zero-order valence-corrected chi connectivity index (χ0v) is 13.6. The Kier molecular flexibility index (Phi) is 2.94. The molecule has 4 nitrogen and oxygen atoms in total. The molecule has 2 saturated heterocycles. The Morgan fingerprint density at radius 3 is 3.13 bits per heavy atom. The van der Waals surface area contributed by atoms with Crippen LogP contribution in [0.3, 0.4) is 0 Å². The monoisotopic (exact) mass is 312 g/mol. The van der Waals surface area contributed by atoms with Crippen LogP contribution in [0.25, 0.3) is 10.9 Å². The van der Waals surface area contributed by atoms with E-state index in [-0.39, 0.29) is 5.41 Å². The molecule has 3 aliphatic rings. The number of rotatable bonds is 1. The van der Waals surface area contributed by atoms with Gasteiger partial charge >= 0.3 is 0 Å². The van der Waals surface area contributed by atoms with Crippen LogP contribution in [0.15, 0.2) is 24.3 Å². The first-order valence-electron chi connectivity index (χ1n) is 8.86. The quantitative estimate of drug-likeness (QED) is 0.795. The van der Waals surface area contributed by atoms with Gasteiger partial charge in [-0.2, -0.15) is 0 Å². The highest BCUT2D eigenvalue weighted by Crippen LogP contribution is 2.50. The molecule has 23 heavy (non-hydrogen) atoms. The Morgan fingerprint density at radius 2 is 2.26 bits per heavy atom. The van der Waals surface area contributed by atoms with E-state index in [0.717, 1.165) is 32.4 Å². The summed E-state index contributed by atoms with van der Waals surface area (Å²) in [6.45, 7) is 4.12. The molecular formula is C19H24N2O2. The van der Waals surface area contributed by atoms with Gasteiger partial charge in [-0.1, -0.05) is 25.1 Å². The molecule has 2 bridgehead atoms. The number of ether oxygens (including phenoxy) is 1. The molecule has 1 aromatic carbocycles. The smallest absolute Gasteiger partial charge is 0.111 e. The van der Waals surface area contributed by atoms with E-state index < -0.39 is 6.23 Å². The second kappa shape index (κ2) is 4.82. The number of nitrogens with one attached hydrogen (secondary N) is 1. The van der Waals surface area contributed by atoms with Gasteiger partial charge in [0.25, 0.3) is 0 Å². The molecule has 0 spiro atoms. The predicted molar refractivity (Wildman–Crippen MR) is 89.3 cm³/mol. The zero-order chi connectivity index (χ0) is 15.6. The summed E-state index contributed by atoms with van der Waals surface area (Å²) in [5.41, 5.74) is 4.00. The van der Waals surface area contributed by atoms with Crippen LogP contribution >= 0.6 is 0 Å². The normalized spacial score (nSPS) is 39.0. The van der Waals surface area contributed by atoms with Gasteiger partial charge in [0.2, 0.25) is 0 Å². The molecule has 0 radical (unpaired) electrons. The lowest BCUT2D eigenvalue weighted by Crippen LogP contribution is -2.52. The van der Waals surface area contributed by atoms with E-state index in [1.165, 1.54) is 22.2 Å². The molecule has 3 aliphatic heterocycles. The lowest BCUT2D eigenvalue weighted by molar-refractivity contribution is -0.0370. The Morgan fingerprint density at radius 1 is 1.39 bits per heavy atom. The highest BCUT2D eigenvalue weighted by molar-refractivity contribution is 5.84. The van der Waals surface area contributed by atoms with Crippen LogP contribution in [0, 0.1) is 5.41 Å². The Hall–Kier alpha value is -1.36. The summed E-state index contributed by atoms with van der Waals surface area (Å²) in [6, 6.07) is 8.47. The van der Waals surface area contributed by atoms with Gasteiger partial charge in [0.15, 0.2) is 0 Å². The molecule has 1 unspecified atom stereocenters. The molecule has 0 saturated carbocycles. The predicted octanol–water partition coefficient (Wildman–Crippen LogP) is 2.45. The topological polar surface area (TPSA) is 51.8 Å². The van der Waals surface area contributed by atoms with Crippen LogP contribution in [0.1, 0.15) is 31.0 Å². The first-order valence-corrected chi connectivity index (χ1v) is 8.86. The van der Waals surface area contributed by atoms with E-state index >= 15 is 0 Å². The first kappa shape index (κ1) is 14.0. The summed E-state index contributed by atoms with van der Waals surface area (Å²) in [5, 5.41) is 12.1. The number of aryl methyl sites for hydroxylation is 1. The van der Waals surface area contributed by atoms with Crippen LogP contribution in [0.2, 0.25) is 0 Å². The number of para-hydroxylation sites is 1. The maximum absolute atomic E-state index is 10.9. The lowest BCUT2D eigenvalue weighted by atomic mass is 9.73. The van der Waals surface area contributed by atoms with Crippen LogP contribution < -0.4 is 0 Å². The molecule has 2 N–H and O–H groups in total. The number of hydrogen-bond donors (Lipinski definition) is 2. The minimum absolute atomic E-state index is 0.197. The fraction of sp³-hybridized carbons (Fsp3) is 0.579. The van der Waals surface area contributed by atoms with Crippen molar-refractivity contribution < 1.29 is 9.84 Å². The van der Waals surface area contributed by atoms with Gasteiger partial charge in [0.1, 0.15) is 6.23 Å². The zero-order valence-electron chi connectivity index (χ0n) is 13.6. The van der Waals surface area contributed by atoms with Crippen molar-refractivity contribution in [1.82, 2.24) is 9.88 Å². The highest BCUT2D eigenvalue weighted by Gasteiger charge is 2.58. The number of aliphatic hydroxyl groups excluding tert-OH is 1. The second-order valence-corrected chi connectivity index (χ2v) is 7.55. The van der Waals surface area contributed by atoms with E-state index in [2.05, 4.69) is 41.1 Å². The maximum atomic E-state index is 10.9. The van der Waals surface area contributed by atoms with Gasteiger partial charge in [0, 0.05) is 41.5 Å². The lowest BCUT2D eigenvalue weighted by Gasteiger charge is -2.41. The first-order chi connectivity index (χ1) is 11.2. The SMILES string of the molecule is CC[C@]12CCc3[nH]c4ccccc4c3C[C@@H](O)N(C[C@H]3O[C@H]31)C2. The van der Waals surface area contributed by atoms with E-state index in [0.29, 0.717) is 18.6 Å². The summed E-state index contributed by atoms with van der Waals surface area (Å²) in [7, 11) is 0. The van der Waals surface area contributed by atoms with Crippen molar-refractivity contribution in [3.05, 3.63) is 35.5 Å². The third kappa shape index (κ3) is 2.02. The molecule has 122 valence electrons. The molecule has 4 heteroatoms. The number of hydrogen-bond acceptors (Lipinski definition) is 3. The fourth-order valence-electron chi connectivity index (χ4n) is 4.94. The number of benzene rings is 1. The van der Waals surface area contributed by atoms with Crippen molar-refractivity contribution in [1.29, 1.82) is 0 Å². The average Bonchev–Trinajstić information content (AvgIpc) is 3.28. The molecule has 2 aromatic rings. The summed E-state index contributed by atoms with van der Waals surface area (Å²) in [5.74, 6) is 0. The van der Waals surface area contributed by atoms with Crippen molar-refractivity contribution in [2.75, 3.05) is 13.1 Å². The third-order valence-corrected chi connectivity index (χ3v) is 6.41. The van der Waals surface area contributed by atoms with E-state index in [4.69, 9.17) is 4.74 Å². The van der Waals surface area contributed by atoms with Gasteiger partial charge < -0.3 is 14.8 Å². The largest absolute Gasteiger partial charge is 0.378 e. The number of nitrogens with zero attached hydrogens (tertiary/aromatic N) is 1. The number of fused-ring (bicyclic) bond motifs is 7. The number of H-pyrrole nitrogens is 1. The molecule has 5 rings (SSSR count). The molecule has 0 amide bonds. The summed E-state index contributed by atoms with van der Waals surface area (Å²) in [6.07, 6.45) is 4.33. The Balaban J connectivity index is 1.61. The molecule has 0 aliphatic carbocycles. The van der Waals surface area contributed by atoms with Crippen molar-refractivity contribution in [3.8, 4) is 0 Å². The standard InChI is InChI=1S/C19H24N2O2/c1-2-19-8-7-15-13(12-5-3-4-6-14(12)20-15)9-17(22)21(11-19)10-16-18(19)23-16/h3-6,16-18,20,22H,2,7-11H2,1H3/t16-,17-,18-,19-/m1/s1. The van der Waals surface area contributed by atoms with Crippen LogP contribution in [0.4, 0.5) is 0 Å². The Bertz CT molecular complexity index is 755. The maximum Gasteiger partial charge on any atom is 0.111 e. The average molecular weight is 312 g/mol. The van der Waals surface area contributed by atoms with Crippen molar-refractivity contribution in [2.45, 2.75) is 51.0 Å². The van der Waals surface area contributed by atoms with Crippen molar-refractivity contribution >= 4 is 10.9 Å². The molecule has 2 fully saturated rings. The number of aromatic amines is 1. The minimum atomic E-state index is -0.415. The van der Waals surface area contributed by atoms with Gasteiger partial charge in [0.05, 0.1) is 12.2 Å². The fourth-order valence-corrected chi connectivity index (χ4v) is 4.94. The number of epoxide rings is 1. The van der Waals surface area contributed by atoms with Gasteiger partial charge in [-0.3, -0.25) is 4.90 Å². The van der Waals surface area contributed by atoms with Crippen LogP contribution in [-0.2, 0) is 17.6 Å². The van der Waals surface area contributed by atoms with E-state index in [1.807, 2.05) is 0 Å². The number of aromatic nitrogens is 1. The van der Waals surface area contributed by atoms with Gasteiger partial charge in [-0.05, 0) is 30.9 Å². The van der Waals surface area contributed by atoms with Gasteiger partial charge in [-0.25, -0.2) is 0 Å². The summed E-state index contributed by atoms with van der Waals surface area (Å²) < 4.78 is 5.97. The van der Waals surface area contributed by atoms with Crippen LogP contribution in [0.5, 0.6) is 0 Å². The van der Waals surface area contributed by atoms with Gasteiger partial charge in [-0.15, -0.1) is 0 Å². The minimum Gasteiger partial charge on any atom is -0.378 e. The molecule has 1 aromatic heterocycles. The highest BCUT2D eigenvalue weighted by atomic mass is 16.6. The van der Waals surface area contributed by atoms with Crippen molar-refractivity contribution in [2.24, 2.45) is 5.41 Å². The Labute approximate surface area is 136 Å². The number of aliphatic hydroxyl groups is 1. The third-order valence-electron chi connectivity index (χ3n) is 6.41. The molecule has 4 heterocycles. The second-order valence-electron chi connectivity index (χ2n) is 7.55.